The van der Waals surface area contributed by atoms with Crippen LogP contribution in [0.5, 0.6) is 5.75 Å². The van der Waals surface area contributed by atoms with Crippen LogP contribution < -0.4 is 10.3 Å². The van der Waals surface area contributed by atoms with Gasteiger partial charge in [0.25, 0.3) is 5.56 Å². The monoisotopic (exact) mass is 596 g/mol. The van der Waals surface area contributed by atoms with Gasteiger partial charge < -0.3 is 14.5 Å². The molecule has 6 nitrogen and oxygen atoms in total. The lowest BCUT2D eigenvalue weighted by molar-refractivity contribution is -0.143. The standard InChI is InChI=1S/C30H30F6N2O4/c1-27(2,3)42-26(40)23-24(41-17-18-9-5-4-6-10-18)25(39)38-22(37-23)16-28(11-7-8-12-28)19-13-20(29(31,32)33)15-21(14-19)30(34,35)36/h4-6,9-10,13-15H,7-8,11-12,16-17H2,1-3H3,(H,37,38,39). The van der Waals surface area contributed by atoms with Gasteiger partial charge in [0.2, 0.25) is 5.75 Å². The summed E-state index contributed by atoms with van der Waals surface area (Å²) >= 11 is 0. The molecule has 226 valence electrons. The Labute approximate surface area is 238 Å². The van der Waals surface area contributed by atoms with Crippen molar-refractivity contribution in [3.63, 3.8) is 0 Å². The molecule has 0 atom stereocenters. The number of carbonyl (C=O) groups excluding carboxylic acids is 1. The zero-order valence-electron chi connectivity index (χ0n) is 23.2. The molecule has 1 heterocycles. The summed E-state index contributed by atoms with van der Waals surface area (Å²) in [7, 11) is 0. The van der Waals surface area contributed by atoms with Crippen LogP contribution in [0.15, 0.2) is 53.3 Å². The van der Waals surface area contributed by atoms with Gasteiger partial charge in [-0.2, -0.15) is 26.3 Å². The molecule has 1 aliphatic rings. The topological polar surface area (TPSA) is 81.3 Å². The molecular formula is C30H30F6N2O4. The molecule has 4 rings (SSSR count). The number of carbonyl (C=O) groups is 1. The van der Waals surface area contributed by atoms with Gasteiger partial charge >= 0.3 is 18.3 Å². The fraction of sp³-hybridized carbons (Fsp3) is 0.433. The highest BCUT2D eigenvalue weighted by Gasteiger charge is 2.42. The van der Waals surface area contributed by atoms with Crippen molar-refractivity contribution >= 4 is 5.97 Å². The second-order valence-corrected chi connectivity index (χ2v) is 11.4. The van der Waals surface area contributed by atoms with E-state index in [0.717, 1.165) is 12.1 Å². The maximum atomic E-state index is 13.7. The van der Waals surface area contributed by atoms with Crippen molar-refractivity contribution in [2.45, 2.75) is 82.9 Å². The predicted molar refractivity (Wildman–Crippen MR) is 141 cm³/mol. The zero-order valence-corrected chi connectivity index (χ0v) is 23.2. The smallest absolute Gasteiger partial charge is 0.416 e. The maximum Gasteiger partial charge on any atom is 0.416 e. The average Bonchev–Trinajstić information content (AvgIpc) is 3.36. The number of H-pyrrole nitrogens is 1. The number of rotatable bonds is 7. The number of alkyl halides is 6. The van der Waals surface area contributed by atoms with Crippen molar-refractivity contribution in [3.8, 4) is 5.75 Å². The molecule has 0 spiro atoms. The van der Waals surface area contributed by atoms with Crippen LogP contribution in [0.3, 0.4) is 0 Å². The van der Waals surface area contributed by atoms with E-state index >= 15 is 0 Å². The molecule has 0 amide bonds. The van der Waals surface area contributed by atoms with Gasteiger partial charge in [0, 0.05) is 11.8 Å². The highest BCUT2D eigenvalue weighted by Crippen LogP contribution is 2.46. The number of aromatic amines is 1. The molecule has 1 saturated carbocycles. The molecule has 1 N–H and O–H groups in total. The van der Waals surface area contributed by atoms with E-state index in [1.54, 1.807) is 51.1 Å². The van der Waals surface area contributed by atoms with Gasteiger partial charge in [0.05, 0.1) is 11.1 Å². The quantitative estimate of drug-likeness (QED) is 0.227. The molecule has 3 aromatic rings. The molecule has 42 heavy (non-hydrogen) atoms. The SMILES string of the molecule is CC(C)(C)OC(=O)c1nc(CC2(c3cc(C(F)(F)F)cc(C(F)(F)F)c3)CCCC2)[nH]c(=O)c1OCc1ccccc1. The minimum absolute atomic E-state index is 0.0743. The lowest BCUT2D eigenvalue weighted by Crippen LogP contribution is -2.31. The third-order valence-corrected chi connectivity index (χ3v) is 7.01. The number of hydrogen-bond donors (Lipinski definition) is 1. The van der Waals surface area contributed by atoms with E-state index in [-0.39, 0.29) is 43.3 Å². The largest absolute Gasteiger partial charge is 0.481 e. The Morgan fingerprint density at radius 1 is 0.929 bits per heavy atom. The fourth-order valence-corrected chi connectivity index (χ4v) is 5.12. The third kappa shape index (κ3) is 7.32. The molecule has 0 saturated heterocycles. The first-order valence-electron chi connectivity index (χ1n) is 13.3. The highest BCUT2D eigenvalue weighted by molar-refractivity contribution is 5.90. The van der Waals surface area contributed by atoms with Crippen molar-refractivity contribution < 1.29 is 40.6 Å². The minimum Gasteiger partial charge on any atom is -0.481 e. The van der Waals surface area contributed by atoms with E-state index < -0.39 is 57.5 Å². The van der Waals surface area contributed by atoms with Gasteiger partial charge in [-0.25, -0.2) is 9.78 Å². The molecule has 1 fully saturated rings. The van der Waals surface area contributed by atoms with E-state index in [4.69, 9.17) is 9.47 Å². The first-order valence-corrected chi connectivity index (χ1v) is 13.3. The summed E-state index contributed by atoms with van der Waals surface area (Å²) in [4.78, 5) is 33.2. The molecule has 2 aromatic carbocycles. The molecule has 0 unspecified atom stereocenters. The van der Waals surface area contributed by atoms with Crippen LogP contribution in [0.4, 0.5) is 26.3 Å². The summed E-state index contributed by atoms with van der Waals surface area (Å²) in [6.45, 7) is 4.77. The molecule has 0 aliphatic heterocycles. The van der Waals surface area contributed by atoms with E-state index in [1.165, 1.54) is 0 Å². The third-order valence-electron chi connectivity index (χ3n) is 7.01. The van der Waals surface area contributed by atoms with E-state index in [2.05, 4.69) is 9.97 Å². The van der Waals surface area contributed by atoms with Gasteiger partial charge in [0.15, 0.2) is 5.69 Å². The van der Waals surface area contributed by atoms with Crippen LogP contribution in [-0.2, 0) is 35.5 Å². The Kier molecular flexibility index (Phi) is 8.48. The van der Waals surface area contributed by atoms with Crippen molar-refractivity contribution in [3.05, 3.63) is 92.7 Å². The summed E-state index contributed by atoms with van der Waals surface area (Å²) in [6.07, 6.45) is -8.64. The van der Waals surface area contributed by atoms with Crippen LogP contribution in [0, 0.1) is 0 Å². The average molecular weight is 597 g/mol. The summed E-state index contributed by atoms with van der Waals surface area (Å²) in [5.41, 5.74) is -5.72. The van der Waals surface area contributed by atoms with E-state index in [9.17, 15) is 35.9 Å². The number of halogens is 6. The van der Waals surface area contributed by atoms with Crippen LogP contribution in [0.2, 0.25) is 0 Å². The lowest BCUT2D eigenvalue weighted by Gasteiger charge is -2.31. The molecule has 0 bridgehead atoms. The van der Waals surface area contributed by atoms with Gasteiger partial charge in [-0.3, -0.25) is 4.79 Å². The first-order chi connectivity index (χ1) is 19.5. The lowest BCUT2D eigenvalue weighted by atomic mass is 9.74. The maximum absolute atomic E-state index is 13.7. The van der Waals surface area contributed by atoms with Crippen LogP contribution in [-0.4, -0.2) is 21.5 Å². The Morgan fingerprint density at radius 2 is 1.50 bits per heavy atom. The van der Waals surface area contributed by atoms with Crippen molar-refractivity contribution in [2.24, 2.45) is 0 Å². The first kappa shape index (κ1) is 31.1. The zero-order chi connectivity index (χ0) is 30.9. The number of benzene rings is 2. The van der Waals surface area contributed by atoms with Gasteiger partial charge in [-0.05, 0) is 62.9 Å². The van der Waals surface area contributed by atoms with Crippen molar-refractivity contribution in [1.29, 1.82) is 0 Å². The molecule has 1 aliphatic carbocycles. The highest BCUT2D eigenvalue weighted by atomic mass is 19.4. The Balaban J connectivity index is 1.79. The Morgan fingerprint density at radius 3 is 2.02 bits per heavy atom. The summed E-state index contributed by atoms with van der Waals surface area (Å²) in [6, 6.07) is 10.4. The summed E-state index contributed by atoms with van der Waals surface area (Å²) in [5.74, 6) is -1.45. The number of hydrogen-bond acceptors (Lipinski definition) is 5. The van der Waals surface area contributed by atoms with Crippen LogP contribution in [0.25, 0.3) is 0 Å². The van der Waals surface area contributed by atoms with Gasteiger partial charge in [0.1, 0.15) is 18.0 Å². The molecule has 12 heteroatoms. The summed E-state index contributed by atoms with van der Waals surface area (Å²) < 4.78 is 93.0. The Hall–Kier alpha value is -3.83. The van der Waals surface area contributed by atoms with E-state index in [1.807, 2.05) is 0 Å². The minimum atomic E-state index is -5.01. The molecule has 0 radical (unpaired) electrons. The summed E-state index contributed by atoms with van der Waals surface area (Å²) in [5, 5.41) is 0. The number of aromatic nitrogens is 2. The number of nitrogens with zero attached hydrogens (tertiary/aromatic N) is 1. The normalized spacial score (nSPS) is 15.5. The molecular weight excluding hydrogens is 566 g/mol. The number of nitrogens with one attached hydrogen (secondary N) is 1. The van der Waals surface area contributed by atoms with Crippen molar-refractivity contribution in [2.75, 3.05) is 0 Å². The number of ether oxygens (including phenoxy) is 2. The van der Waals surface area contributed by atoms with Gasteiger partial charge in [-0.15, -0.1) is 0 Å². The van der Waals surface area contributed by atoms with Crippen molar-refractivity contribution in [1.82, 2.24) is 9.97 Å². The Bertz CT molecular complexity index is 1450. The van der Waals surface area contributed by atoms with Gasteiger partial charge in [-0.1, -0.05) is 43.2 Å². The molecule has 1 aromatic heterocycles. The number of esters is 1. The van der Waals surface area contributed by atoms with Crippen LogP contribution >= 0.6 is 0 Å². The van der Waals surface area contributed by atoms with Crippen LogP contribution in [0.1, 0.15) is 85.0 Å². The fourth-order valence-electron chi connectivity index (χ4n) is 5.12. The predicted octanol–water partition coefficient (Wildman–Crippen LogP) is 7.40. The van der Waals surface area contributed by atoms with E-state index in [0.29, 0.717) is 18.4 Å². The second kappa shape index (κ2) is 11.4. The second-order valence-electron chi connectivity index (χ2n) is 11.4.